The standard InChI is InChI=1S/C11H15NO2/c1-2-13-9-4-3-5-10-11(9)8(12)6-7-14-10/h3-5,8H,2,6-7,12H2,1H3/t8-/m1/s1. The van der Waals surface area contributed by atoms with Crippen molar-refractivity contribution in [1.29, 1.82) is 0 Å². The lowest BCUT2D eigenvalue weighted by molar-refractivity contribution is 0.257. The Labute approximate surface area is 83.8 Å². The number of hydrogen-bond donors (Lipinski definition) is 1. The molecule has 0 unspecified atom stereocenters. The molecule has 0 saturated carbocycles. The van der Waals surface area contributed by atoms with Gasteiger partial charge >= 0.3 is 0 Å². The van der Waals surface area contributed by atoms with E-state index < -0.39 is 0 Å². The van der Waals surface area contributed by atoms with E-state index in [1.54, 1.807) is 0 Å². The van der Waals surface area contributed by atoms with E-state index in [0.717, 1.165) is 23.5 Å². The van der Waals surface area contributed by atoms with E-state index in [1.165, 1.54) is 0 Å². The van der Waals surface area contributed by atoms with Gasteiger partial charge in [-0.05, 0) is 19.1 Å². The van der Waals surface area contributed by atoms with Gasteiger partial charge in [-0.2, -0.15) is 0 Å². The first-order chi connectivity index (χ1) is 6.83. The number of ether oxygens (including phenoxy) is 2. The molecule has 0 radical (unpaired) electrons. The first-order valence-corrected chi connectivity index (χ1v) is 4.97. The Balaban J connectivity index is 2.41. The maximum Gasteiger partial charge on any atom is 0.127 e. The summed E-state index contributed by atoms with van der Waals surface area (Å²) in [5.74, 6) is 1.73. The van der Waals surface area contributed by atoms with Crippen LogP contribution in [-0.2, 0) is 0 Å². The van der Waals surface area contributed by atoms with Crippen LogP contribution in [0, 0.1) is 0 Å². The number of benzene rings is 1. The molecule has 0 aliphatic carbocycles. The van der Waals surface area contributed by atoms with Crippen molar-refractivity contribution >= 4 is 0 Å². The second-order valence-electron chi connectivity index (χ2n) is 3.34. The van der Waals surface area contributed by atoms with E-state index in [1.807, 2.05) is 25.1 Å². The molecule has 1 aromatic rings. The predicted octanol–water partition coefficient (Wildman–Crippen LogP) is 1.87. The van der Waals surface area contributed by atoms with Gasteiger partial charge in [0.1, 0.15) is 11.5 Å². The van der Waals surface area contributed by atoms with E-state index in [-0.39, 0.29) is 6.04 Å². The maximum atomic E-state index is 6.02. The Bertz CT molecular complexity index is 325. The number of fused-ring (bicyclic) bond motifs is 1. The molecule has 0 spiro atoms. The second-order valence-corrected chi connectivity index (χ2v) is 3.34. The zero-order chi connectivity index (χ0) is 9.97. The fourth-order valence-electron chi connectivity index (χ4n) is 1.74. The zero-order valence-corrected chi connectivity index (χ0v) is 8.32. The van der Waals surface area contributed by atoms with E-state index >= 15 is 0 Å². The summed E-state index contributed by atoms with van der Waals surface area (Å²) in [6.45, 7) is 3.32. The largest absolute Gasteiger partial charge is 0.493 e. The van der Waals surface area contributed by atoms with E-state index in [4.69, 9.17) is 15.2 Å². The SMILES string of the molecule is CCOc1cccc2c1[C@H](N)CCO2. The monoisotopic (exact) mass is 193 g/mol. The van der Waals surface area contributed by atoms with Crippen LogP contribution in [0.15, 0.2) is 18.2 Å². The van der Waals surface area contributed by atoms with Gasteiger partial charge in [0.05, 0.1) is 18.8 Å². The maximum absolute atomic E-state index is 6.02. The molecular weight excluding hydrogens is 178 g/mol. The molecule has 1 aliphatic heterocycles. The molecule has 14 heavy (non-hydrogen) atoms. The molecule has 3 nitrogen and oxygen atoms in total. The van der Waals surface area contributed by atoms with Crippen molar-refractivity contribution in [3.63, 3.8) is 0 Å². The summed E-state index contributed by atoms with van der Waals surface area (Å²) in [5.41, 5.74) is 7.03. The van der Waals surface area contributed by atoms with Gasteiger partial charge in [0, 0.05) is 12.5 Å². The third kappa shape index (κ3) is 1.55. The van der Waals surface area contributed by atoms with Gasteiger partial charge in [0.15, 0.2) is 0 Å². The van der Waals surface area contributed by atoms with Crippen molar-refractivity contribution in [3.8, 4) is 11.5 Å². The number of hydrogen-bond acceptors (Lipinski definition) is 3. The Morgan fingerprint density at radius 1 is 1.57 bits per heavy atom. The molecule has 1 aromatic carbocycles. The molecule has 0 aromatic heterocycles. The Hall–Kier alpha value is -1.22. The van der Waals surface area contributed by atoms with Gasteiger partial charge in [-0.25, -0.2) is 0 Å². The topological polar surface area (TPSA) is 44.5 Å². The third-order valence-corrected chi connectivity index (χ3v) is 2.38. The van der Waals surface area contributed by atoms with E-state index in [9.17, 15) is 0 Å². The average Bonchev–Trinajstić information content (AvgIpc) is 2.19. The minimum Gasteiger partial charge on any atom is -0.493 e. The Morgan fingerprint density at radius 3 is 3.21 bits per heavy atom. The van der Waals surface area contributed by atoms with Gasteiger partial charge in [0.25, 0.3) is 0 Å². The van der Waals surface area contributed by atoms with Crippen LogP contribution >= 0.6 is 0 Å². The van der Waals surface area contributed by atoms with Crippen molar-refractivity contribution in [2.45, 2.75) is 19.4 Å². The van der Waals surface area contributed by atoms with Crippen LogP contribution in [0.1, 0.15) is 24.9 Å². The minimum absolute atomic E-state index is 0.0431. The highest BCUT2D eigenvalue weighted by Crippen LogP contribution is 2.37. The Kier molecular flexibility index (Phi) is 2.59. The van der Waals surface area contributed by atoms with Crippen LogP contribution in [0.25, 0.3) is 0 Å². The molecule has 2 N–H and O–H groups in total. The van der Waals surface area contributed by atoms with Crippen LogP contribution in [-0.4, -0.2) is 13.2 Å². The molecular formula is C11H15NO2. The predicted molar refractivity (Wildman–Crippen MR) is 54.7 cm³/mol. The lowest BCUT2D eigenvalue weighted by Gasteiger charge is -2.24. The quantitative estimate of drug-likeness (QED) is 0.779. The summed E-state index contributed by atoms with van der Waals surface area (Å²) in [6, 6.07) is 5.86. The Morgan fingerprint density at radius 2 is 2.43 bits per heavy atom. The van der Waals surface area contributed by atoms with Crippen molar-refractivity contribution in [2.24, 2.45) is 5.73 Å². The second kappa shape index (κ2) is 3.88. The van der Waals surface area contributed by atoms with Crippen molar-refractivity contribution < 1.29 is 9.47 Å². The lowest BCUT2D eigenvalue weighted by Crippen LogP contribution is -2.21. The minimum atomic E-state index is 0.0431. The van der Waals surface area contributed by atoms with Gasteiger partial charge < -0.3 is 15.2 Å². The third-order valence-electron chi connectivity index (χ3n) is 2.38. The summed E-state index contributed by atoms with van der Waals surface area (Å²) < 4.78 is 11.0. The lowest BCUT2D eigenvalue weighted by atomic mass is 10.0. The molecule has 0 bridgehead atoms. The first kappa shape index (κ1) is 9.34. The summed E-state index contributed by atoms with van der Waals surface area (Å²) in [4.78, 5) is 0. The fraction of sp³-hybridized carbons (Fsp3) is 0.455. The average molecular weight is 193 g/mol. The van der Waals surface area contributed by atoms with Crippen LogP contribution in [0.5, 0.6) is 11.5 Å². The zero-order valence-electron chi connectivity index (χ0n) is 8.32. The molecule has 76 valence electrons. The smallest absolute Gasteiger partial charge is 0.127 e. The van der Waals surface area contributed by atoms with Crippen LogP contribution in [0.2, 0.25) is 0 Å². The van der Waals surface area contributed by atoms with Gasteiger partial charge in [-0.1, -0.05) is 6.07 Å². The van der Waals surface area contributed by atoms with Crippen molar-refractivity contribution in [3.05, 3.63) is 23.8 Å². The molecule has 0 saturated heterocycles. The van der Waals surface area contributed by atoms with Crippen molar-refractivity contribution in [1.82, 2.24) is 0 Å². The normalized spacial score (nSPS) is 19.7. The summed E-state index contributed by atoms with van der Waals surface area (Å²) in [6.07, 6.45) is 0.858. The molecule has 2 rings (SSSR count). The molecule has 0 amide bonds. The van der Waals surface area contributed by atoms with Gasteiger partial charge in [-0.3, -0.25) is 0 Å². The molecule has 1 aliphatic rings. The highest BCUT2D eigenvalue weighted by molar-refractivity contribution is 5.47. The van der Waals surface area contributed by atoms with Gasteiger partial charge in [0.2, 0.25) is 0 Å². The molecule has 1 atom stereocenters. The molecule has 1 heterocycles. The number of nitrogens with two attached hydrogens (primary N) is 1. The van der Waals surface area contributed by atoms with E-state index in [2.05, 4.69) is 0 Å². The summed E-state index contributed by atoms with van der Waals surface area (Å²) in [5, 5.41) is 0. The molecule has 3 heteroatoms. The summed E-state index contributed by atoms with van der Waals surface area (Å²) >= 11 is 0. The van der Waals surface area contributed by atoms with Crippen LogP contribution < -0.4 is 15.2 Å². The van der Waals surface area contributed by atoms with Gasteiger partial charge in [-0.15, -0.1) is 0 Å². The van der Waals surface area contributed by atoms with E-state index in [0.29, 0.717) is 13.2 Å². The number of rotatable bonds is 2. The highest BCUT2D eigenvalue weighted by Gasteiger charge is 2.21. The van der Waals surface area contributed by atoms with Crippen LogP contribution in [0.4, 0.5) is 0 Å². The van der Waals surface area contributed by atoms with Crippen LogP contribution in [0.3, 0.4) is 0 Å². The molecule has 0 fully saturated rings. The first-order valence-electron chi connectivity index (χ1n) is 4.97. The fourth-order valence-corrected chi connectivity index (χ4v) is 1.74. The highest BCUT2D eigenvalue weighted by atomic mass is 16.5. The van der Waals surface area contributed by atoms with Crippen molar-refractivity contribution in [2.75, 3.05) is 13.2 Å². The summed E-state index contributed by atoms with van der Waals surface area (Å²) in [7, 11) is 0.